The zero-order chi connectivity index (χ0) is 19.0. The van der Waals surface area contributed by atoms with Gasteiger partial charge in [-0.05, 0) is 46.2 Å². The van der Waals surface area contributed by atoms with Gasteiger partial charge in [0.2, 0.25) is 0 Å². The van der Waals surface area contributed by atoms with E-state index in [2.05, 4.69) is 69.2 Å². The molecule has 0 unspecified atom stereocenters. The second kappa shape index (κ2) is 9.72. The summed E-state index contributed by atoms with van der Waals surface area (Å²) in [5, 5.41) is 6.86. The molecule has 0 spiro atoms. The zero-order valence-corrected chi connectivity index (χ0v) is 17.3. The van der Waals surface area contributed by atoms with E-state index in [1.54, 1.807) is 16.9 Å². The molecule has 3 heteroatoms. The quantitative estimate of drug-likeness (QED) is 0.485. The van der Waals surface area contributed by atoms with E-state index >= 15 is 0 Å². The fourth-order valence-corrected chi connectivity index (χ4v) is 3.79. The molecule has 0 amide bonds. The molecule has 1 nitrogen and oxygen atoms in total. The Morgan fingerprint density at radius 2 is 1.88 bits per heavy atom. The molecule has 0 aliphatic carbocycles. The molecule has 0 bridgehead atoms. The predicted octanol–water partition coefficient (Wildman–Crippen LogP) is 6.48. The van der Waals surface area contributed by atoms with Gasteiger partial charge in [0, 0.05) is 16.0 Å². The Balaban J connectivity index is 0.000000290. The van der Waals surface area contributed by atoms with Gasteiger partial charge >= 0.3 is 0 Å². The zero-order valence-electron chi connectivity index (χ0n) is 15.7. The van der Waals surface area contributed by atoms with Gasteiger partial charge in [0.05, 0.1) is 7.05 Å². The van der Waals surface area contributed by atoms with Gasteiger partial charge in [0.1, 0.15) is 5.69 Å². The maximum atomic E-state index is 5.70. The third-order valence-electron chi connectivity index (χ3n) is 4.41. The molecule has 0 aliphatic rings. The Bertz CT molecular complexity index is 863. The average molecular weight is 385 g/mol. The fourth-order valence-electron chi connectivity index (χ4n) is 3.13. The molecule has 1 aromatic heterocycles. The SMILES string of the molecule is C=Cc1cccs1.C[NH2+]c1ccc2ccccc2c1C(C)(C)C/C=C/Cl. The summed E-state index contributed by atoms with van der Waals surface area (Å²) in [4.78, 5) is 1.24. The molecule has 0 saturated heterocycles. The van der Waals surface area contributed by atoms with Gasteiger partial charge in [-0.15, -0.1) is 11.3 Å². The van der Waals surface area contributed by atoms with Crippen molar-refractivity contribution >= 4 is 45.5 Å². The summed E-state index contributed by atoms with van der Waals surface area (Å²) in [6.45, 7) is 8.17. The Labute approximate surface area is 166 Å². The number of allylic oxidation sites excluding steroid dienone is 1. The Morgan fingerprint density at radius 1 is 1.12 bits per heavy atom. The molecular formula is C23H27ClNS+. The molecule has 0 radical (unpaired) electrons. The van der Waals surface area contributed by atoms with Crippen LogP contribution in [0.2, 0.25) is 0 Å². The van der Waals surface area contributed by atoms with E-state index in [0.717, 1.165) is 6.42 Å². The van der Waals surface area contributed by atoms with Crippen molar-refractivity contribution in [1.29, 1.82) is 0 Å². The lowest BCUT2D eigenvalue weighted by molar-refractivity contribution is -0.540. The first kappa shape index (κ1) is 20.4. The second-order valence-electron chi connectivity index (χ2n) is 6.71. The third-order valence-corrected chi connectivity index (χ3v) is 5.46. The van der Waals surface area contributed by atoms with Gasteiger partial charge in [-0.25, -0.2) is 0 Å². The van der Waals surface area contributed by atoms with E-state index < -0.39 is 0 Å². The molecule has 0 fully saturated rings. The number of quaternary nitrogens is 1. The molecule has 2 N–H and O–H groups in total. The van der Waals surface area contributed by atoms with Crippen molar-refractivity contribution in [3.63, 3.8) is 0 Å². The number of nitrogens with two attached hydrogens (primary N) is 1. The van der Waals surface area contributed by atoms with Crippen LogP contribution < -0.4 is 5.32 Å². The monoisotopic (exact) mass is 384 g/mol. The van der Waals surface area contributed by atoms with Crippen LogP contribution in [0.15, 0.2) is 72.1 Å². The number of benzene rings is 2. The normalized spacial score (nSPS) is 11.4. The van der Waals surface area contributed by atoms with Crippen molar-refractivity contribution in [3.8, 4) is 0 Å². The van der Waals surface area contributed by atoms with Crippen molar-refractivity contribution in [3.05, 3.63) is 82.5 Å². The first-order valence-electron chi connectivity index (χ1n) is 8.76. The van der Waals surface area contributed by atoms with Crippen molar-refractivity contribution in [2.45, 2.75) is 25.7 Å². The van der Waals surface area contributed by atoms with Crippen LogP contribution >= 0.6 is 22.9 Å². The van der Waals surface area contributed by atoms with Crippen LogP contribution in [-0.2, 0) is 5.41 Å². The molecule has 1 heterocycles. The summed E-state index contributed by atoms with van der Waals surface area (Å²) in [6, 6.07) is 17.0. The first-order chi connectivity index (χ1) is 12.5. The molecule has 3 aromatic rings. The molecule has 2 aromatic carbocycles. The first-order valence-corrected chi connectivity index (χ1v) is 10.1. The van der Waals surface area contributed by atoms with E-state index in [-0.39, 0.29) is 5.41 Å². The Morgan fingerprint density at radius 3 is 2.46 bits per heavy atom. The summed E-state index contributed by atoms with van der Waals surface area (Å²) < 4.78 is 0. The Kier molecular flexibility index (Phi) is 7.65. The van der Waals surface area contributed by atoms with E-state index in [0.29, 0.717) is 0 Å². The van der Waals surface area contributed by atoms with Gasteiger partial charge in [-0.1, -0.05) is 74.5 Å². The summed E-state index contributed by atoms with van der Waals surface area (Å²) in [7, 11) is 2.10. The van der Waals surface area contributed by atoms with Crippen LogP contribution in [0.5, 0.6) is 0 Å². The largest absolute Gasteiger partial charge is 0.316 e. The smallest absolute Gasteiger partial charge is 0.133 e. The number of fused-ring (bicyclic) bond motifs is 1. The molecule has 3 rings (SSSR count). The Hall–Kier alpha value is -1.87. The molecule has 0 atom stereocenters. The van der Waals surface area contributed by atoms with Crippen molar-refractivity contribution in [2.24, 2.45) is 0 Å². The van der Waals surface area contributed by atoms with E-state index in [1.807, 2.05) is 29.7 Å². The van der Waals surface area contributed by atoms with Crippen LogP contribution in [0, 0.1) is 0 Å². The molecule has 136 valence electrons. The summed E-state index contributed by atoms with van der Waals surface area (Å²) in [6.07, 6.45) is 4.82. The third kappa shape index (κ3) is 5.07. The van der Waals surface area contributed by atoms with Crippen molar-refractivity contribution in [2.75, 3.05) is 7.05 Å². The van der Waals surface area contributed by atoms with Gasteiger partial charge in [-0.2, -0.15) is 0 Å². The van der Waals surface area contributed by atoms with Gasteiger partial charge in [0.15, 0.2) is 0 Å². The topological polar surface area (TPSA) is 16.6 Å². The summed E-state index contributed by atoms with van der Waals surface area (Å²) >= 11 is 7.40. The van der Waals surface area contributed by atoms with Crippen LogP contribution in [0.1, 0.15) is 30.7 Å². The highest BCUT2D eigenvalue weighted by atomic mass is 35.5. The van der Waals surface area contributed by atoms with E-state index in [1.165, 1.54) is 26.9 Å². The number of hydrogen-bond donors (Lipinski definition) is 1. The van der Waals surface area contributed by atoms with Crippen molar-refractivity contribution in [1.82, 2.24) is 0 Å². The van der Waals surface area contributed by atoms with Crippen molar-refractivity contribution < 1.29 is 5.32 Å². The lowest BCUT2D eigenvalue weighted by atomic mass is 9.78. The minimum Gasteiger partial charge on any atom is -0.316 e. The average Bonchev–Trinajstić information content (AvgIpc) is 3.19. The fraction of sp³-hybridized carbons (Fsp3) is 0.217. The van der Waals surface area contributed by atoms with Crippen LogP contribution in [-0.4, -0.2) is 7.05 Å². The lowest BCUT2D eigenvalue weighted by Crippen LogP contribution is -2.73. The maximum Gasteiger partial charge on any atom is 0.133 e. The van der Waals surface area contributed by atoms with E-state index in [9.17, 15) is 0 Å². The van der Waals surface area contributed by atoms with Gasteiger partial charge < -0.3 is 5.32 Å². The summed E-state index contributed by atoms with van der Waals surface area (Å²) in [5.41, 5.74) is 4.39. The minimum absolute atomic E-state index is 0.0636. The van der Waals surface area contributed by atoms with Crippen LogP contribution in [0.25, 0.3) is 16.8 Å². The van der Waals surface area contributed by atoms with Gasteiger partial charge in [0.25, 0.3) is 0 Å². The van der Waals surface area contributed by atoms with Gasteiger partial charge in [-0.3, -0.25) is 0 Å². The van der Waals surface area contributed by atoms with Crippen LogP contribution in [0.4, 0.5) is 5.69 Å². The standard InChI is InChI=1S/C17H20ClN.C6H6S/c1-17(2,11-6-12-18)16-14-8-5-4-7-13(14)9-10-15(16)19-3;1-2-6-4-3-5-7-6/h4-10,12,19H,11H2,1-3H3;2-5H,1H2/p+1/b12-6+;. The number of hydrogen-bond acceptors (Lipinski definition) is 1. The highest BCUT2D eigenvalue weighted by Gasteiger charge is 2.26. The number of halogens is 1. The maximum absolute atomic E-state index is 5.70. The molecule has 0 saturated carbocycles. The highest BCUT2D eigenvalue weighted by molar-refractivity contribution is 7.10. The number of rotatable bonds is 5. The molecular weight excluding hydrogens is 358 g/mol. The minimum atomic E-state index is 0.0636. The van der Waals surface area contributed by atoms with Crippen LogP contribution in [0.3, 0.4) is 0 Å². The van der Waals surface area contributed by atoms with E-state index in [4.69, 9.17) is 11.6 Å². The highest BCUT2D eigenvalue weighted by Crippen LogP contribution is 2.37. The molecule has 0 aliphatic heterocycles. The number of thiophene rings is 1. The predicted molar refractivity (Wildman–Crippen MR) is 119 cm³/mol. The molecule has 26 heavy (non-hydrogen) atoms. The summed E-state index contributed by atoms with van der Waals surface area (Å²) in [5.74, 6) is 0. The lowest BCUT2D eigenvalue weighted by Gasteiger charge is -2.26. The second-order valence-corrected chi connectivity index (χ2v) is 7.94.